The Morgan fingerprint density at radius 3 is 1.26 bits per heavy atom. The van der Waals surface area contributed by atoms with Gasteiger partial charge in [-0.3, -0.25) is 71.4 Å². The van der Waals surface area contributed by atoms with E-state index in [0.717, 1.165) is 95.4 Å². The molecule has 0 saturated carbocycles. The van der Waals surface area contributed by atoms with Gasteiger partial charge in [0.1, 0.15) is 34.5 Å². The van der Waals surface area contributed by atoms with Gasteiger partial charge in [0.05, 0.1) is 81.6 Å². The SMILES string of the molecule is CNC(=O)c1ccc2c(c1)nc(-c1cc(OC)cc(C)n1)n2-c1ccc2c(c1)CCC(=O)N2.CNC(=O)c1ccc2c(c1)nc(-c1ccnc(OC)c1)n2-c1cnc2c(c1)CCC(=O)N2.CNC(=O)c1ccc2c(c1)nc(-c1ncccc1N)n2-c1ccc2c(c1)CCC(=O)N2.CNC(=O)c1ccc2c(c1)nc(-c1ncccc1NC(C)=O)n2-c1ccc2c(c1)CCC(=O)N2. The third-order valence-corrected chi connectivity index (χ3v) is 22.4. The van der Waals surface area contributed by atoms with Gasteiger partial charge in [0, 0.05) is 165 Å². The number of pyridine rings is 5. The van der Waals surface area contributed by atoms with Crippen LogP contribution in [0.15, 0.2) is 207 Å². The van der Waals surface area contributed by atoms with Crippen LogP contribution in [-0.4, -0.2) is 159 Å². The van der Waals surface area contributed by atoms with Gasteiger partial charge in [-0.25, -0.2) is 34.9 Å². The first-order valence-electron chi connectivity index (χ1n) is 41.6. The number of hydrogen-bond acceptors (Lipinski definition) is 21. The summed E-state index contributed by atoms with van der Waals surface area (Å²) < 4.78 is 18.7. The largest absolute Gasteiger partial charge is 0.497 e. The zero-order chi connectivity index (χ0) is 90.7. The summed E-state index contributed by atoms with van der Waals surface area (Å²) in [7, 11) is 9.55. The van der Waals surface area contributed by atoms with Gasteiger partial charge in [0.25, 0.3) is 23.6 Å². The van der Waals surface area contributed by atoms with Gasteiger partial charge in [0.15, 0.2) is 17.5 Å². The normalized spacial score (nSPS) is 12.9. The summed E-state index contributed by atoms with van der Waals surface area (Å²) in [5.74, 6) is 3.22. The van der Waals surface area contributed by atoms with Crippen molar-refractivity contribution in [3.05, 3.63) is 257 Å². The van der Waals surface area contributed by atoms with Crippen molar-refractivity contribution in [1.29, 1.82) is 0 Å². The van der Waals surface area contributed by atoms with Gasteiger partial charge in [-0.05, 0) is 219 Å². The topological polar surface area (TPSA) is 442 Å². The van der Waals surface area contributed by atoms with Gasteiger partial charge >= 0.3 is 0 Å². The van der Waals surface area contributed by atoms with Crippen LogP contribution in [0.5, 0.6) is 11.6 Å². The second kappa shape index (κ2) is 36.2. The van der Waals surface area contributed by atoms with Crippen LogP contribution in [0.1, 0.15) is 102 Å². The van der Waals surface area contributed by atoms with E-state index in [1.54, 1.807) is 140 Å². The van der Waals surface area contributed by atoms with Crippen LogP contribution in [-0.2, 0) is 49.7 Å². The molecule has 4 aliphatic rings. The van der Waals surface area contributed by atoms with Crippen LogP contribution >= 0.6 is 0 Å². The van der Waals surface area contributed by atoms with Crippen LogP contribution < -0.4 is 63.1 Å². The molecule has 34 heteroatoms. The highest BCUT2D eigenvalue weighted by molar-refractivity contribution is 6.04. The number of aryl methyl sites for hydroxylation is 5. The third kappa shape index (κ3) is 17.2. The molecule has 16 aromatic rings. The van der Waals surface area contributed by atoms with E-state index in [0.29, 0.717) is 165 Å². The standard InChI is InChI=1S/C25H22N6O3.C25H23N5O3.C23H20N6O3.C23H20N6O2/c1-14(32)28-19-4-3-11-27-23(19)24-30-20-13-16(25(34)26-2)5-9-21(20)31(24)17-7-8-18-15(12-17)6-10-22(33)29-18;1-14-10-18(33-3)13-21(27-14)24-29-20-12-16(25(32)26-2)4-8-22(20)30(24)17-6-7-19-15(11-17)5-9-23(31)28-19;1-24-23(31)15-3-5-18-17(10-15)27-22(14-7-8-25-20(11-14)32-2)29(18)16-9-13-4-6-19(30)28-21(13)26-12-16;1-25-23(31)14-4-8-19-18(12-14)28-22(21-16(24)3-2-10-26-21)29(19)15-6-7-17-13(11-15)5-9-20(30)27-17/h3-5,7-9,11-13H,6,10H2,1-2H3,(H,26,34)(H,28,32)(H,29,33);4,6-8,10-13H,5,9H2,1-3H3,(H,26,32)(H,28,31);3,5,7-12H,4,6H2,1-2H3,(H,24,31)(H,26,28,30);2-4,6-8,10-12H,5,9,24H2,1H3,(H,25,31)(H,27,30). The highest BCUT2D eigenvalue weighted by atomic mass is 16.5. The molecule has 0 spiro atoms. The lowest BCUT2D eigenvalue weighted by Crippen LogP contribution is -2.20. The molecule has 0 aliphatic carbocycles. The van der Waals surface area contributed by atoms with Crippen LogP contribution in [0, 0.1) is 6.92 Å². The number of hydrogen-bond donors (Lipinski definition) is 10. The number of amides is 9. The minimum Gasteiger partial charge on any atom is -0.497 e. The fraction of sp³-hybridized carbons (Fsp3) is 0.167. The molecule has 0 saturated heterocycles. The van der Waals surface area contributed by atoms with E-state index in [2.05, 4.69) is 73.9 Å². The highest BCUT2D eigenvalue weighted by Crippen LogP contribution is 2.40. The number of methoxy groups -OCH3 is 2. The monoisotopic (exact) mass is 1740 g/mol. The second-order valence-electron chi connectivity index (χ2n) is 30.8. The number of nitrogens with zero attached hydrogens (tertiary/aromatic N) is 13. The number of carbonyl (C=O) groups is 9. The molecule has 0 bridgehead atoms. The molecule has 4 aliphatic heterocycles. The predicted octanol–water partition coefficient (Wildman–Crippen LogP) is 12.6. The molecule has 9 aromatic heterocycles. The van der Waals surface area contributed by atoms with Crippen LogP contribution in [0.2, 0.25) is 0 Å². The summed E-state index contributed by atoms with van der Waals surface area (Å²) in [6.45, 7) is 3.34. The van der Waals surface area contributed by atoms with Crippen molar-refractivity contribution in [3.8, 4) is 80.3 Å². The fourth-order valence-corrected chi connectivity index (χ4v) is 16.1. The van der Waals surface area contributed by atoms with E-state index in [1.807, 2.05) is 128 Å². The van der Waals surface area contributed by atoms with E-state index in [-0.39, 0.29) is 53.2 Å². The molecule has 0 atom stereocenters. The first-order valence-corrected chi connectivity index (χ1v) is 41.6. The fourth-order valence-electron chi connectivity index (χ4n) is 16.1. The second-order valence-corrected chi connectivity index (χ2v) is 30.8. The average molecular weight is 1740 g/mol. The van der Waals surface area contributed by atoms with Gasteiger partial charge in [0.2, 0.25) is 35.4 Å². The number of nitrogen functional groups attached to an aromatic ring is 1. The number of anilines is 6. The van der Waals surface area contributed by atoms with Gasteiger partial charge in [-0.1, -0.05) is 0 Å². The Bertz CT molecular complexity index is 7350. The Balaban J connectivity index is 0.000000122. The minimum absolute atomic E-state index is 0.00387. The van der Waals surface area contributed by atoms with E-state index < -0.39 is 0 Å². The maximum absolute atomic E-state index is 12.2. The minimum atomic E-state index is -0.219. The molecule has 34 nitrogen and oxygen atoms in total. The molecule has 11 N–H and O–H groups in total. The third-order valence-electron chi connectivity index (χ3n) is 22.4. The first kappa shape index (κ1) is 85.0. The molecule has 0 unspecified atom stereocenters. The molecule has 13 heterocycles. The van der Waals surface area contributed by atoms with Crippen molar-refractivity contribution in [2.45, 2.75) is 65.2 Å². The lowest BCUT2D eigenvalue weighted by molar-refractivity contribution is -0.117. The number of imidazole rings is 4. The van der Waals surface area contributed by atoms with E-state index in [1.165, 1.54) is 6.92 Å². The van der Waals surface area contributed by atoms with Crippen molar-refractivity contribution in [2.75, 3.05) is 74.7 Å². The van der Waals surface area contributed by atoms with Crippen molar-refractivity contribution >= 4 is 132 Å². The Labute approximate surface area is 742 Å². The number of ether oxygens (including phenoxy) is 2. The average Bonchev–Trinajstić information content (AvgIpc) is 1.61. The van der Waals surface area contributed by atoms with Crippen LogP contribution in [0.25, 0.3) is 113 Å². The summed E-state index contributed by atoms with van der Waals surface area (Å²) in [6.07, 6.45) is 11.1. The Morgan fingerprint density at radius 2 is 0.808 bits per heavy atom. The summed E-state index contributed by atoms with van der Waals surface area (Å²) >= 11 is 0. The molecule has 0 fully saturated rings. The predicted molar refractivity (Wildman–Crippen MR) is 493 cm³/mol. The van der Waals surface area contributed by atoms with Gasteiger partial charge < -0.3 is 63.1 Å². The summed E-state index contributed by atoms with van der Waals surface area (Å²) in [4.78, 5) is 149. The van der Waals surface area contributed by atoms with Crippen molar-refractivity contribution in [3.63, 3.8) is 0 Å². The lowest BCUT2D eigenvalue weighted by atomic mass is 10.0. The Morgan fingerprint density at radius 1 is 0.392 bits per heavy atom. The van der Waals surface area contributed by atoms with Crippen molar-refractivity contribution < 1.29 is 52.6 Å². The number of fused-ring (bicyclic) bond motifs is 8. The zero-order valence-corrected chi connectivity index (χ0v) is 71.7. The van der Waals surface area contributed by atoms with Gasteiger partial charge in [-0.15, -0.1) is 0 Å². The first-order chi connectivity index (χ1) is 63.0. The quantitative estimate of drug-likeness (QED) is 0.0456. The molecule has 130 heavy (non-hydrogen) atoms. The Kier molecular flexibility index (Phi) is 23.6. The summed E-state index contributed by atoms with van der Waals surface area (Å²) in [6, 6.07) is 55.6. The maximum atomic E-state index is 12.2. The molecule has 7 aromatic carbocycles. The number of benzene rings is 7. The molecular weight excluding hydrogens is 1650 g/mol. The number of nitrogens with two attached hydrogens (primary N) is 1. The summed E-state index contributed by atoms with van der Waals surface area (Å²) in [5, 5.41) is 24.9. The van der Waals surface area contributed by atoms with Crippen molar-refractivity contribution in [1.82, 2.24) is 84.4 Å². The number of rotatable bonds is 15. The highest BCUT2D eigenvalue weighted by Gasteiger charge is 2.29. The number of aromatic nitrogens is 13. The smallest absolute Gasteiger partial charge is 0.251 e. The summed E-state index contributed by atoms with van der Waals surface area (Å²) in [5.41, 5.74) is 28.5. The maximum Gasteiger partial charge on any atom is 0.251 e. The number of nitrogens with one attached hydrogen (secondary N) is 9. The van der Waals surface area contributed by atoms with Crippen molar-refractivity contribution in [2.24, 2.45) is 0 Å². The van der Waals surface area contributed by atoms with E-state index in [4.69, 9.17) is 40.1 Å². The zero-order valence-electron chi connectivity index (χ0n) is 71.7. The molecule has 650 valence electrons. The Hall–Kier alpha value is -17.2. The van der Waals surface area contributed by atoms with Crippen LogP contribution in [0.4, 0.5) is 34.3 Å². The molecule has 0 radical (unpaired) electrons. The van der Waals surface area contributed by atoms with Crippen LogP contribution in [0.3, 0.4) is 0 Å². The molecular formula is C96H85N23O11. The van der Waals surface area contributed by atoms with Gasteiger partial charge in [-0.2, -0.15) is 0 Å². The lowest BCUT2D eigenvalue weighted by Gasteiger charge is -2.19. The van der Waals surface area contributed by atoms with E-state index in [9.17, 15) is 43.2 Å². The molecule has 20 rings (SSSR count). The number of carbonyl (C=O) groups excluding carboxylic acids is 9. The van der Waals surface area contributed by atoms with E-state index >= 15 is 0 Å². The molecule has 9 amide bonds.